The number of nitrogens with two attached hydrogens (primary N) is 2. The molecule has 3 amide bonds. The zero-order chi connectivity index (χ0) is 25.1. The van der Waals surface area contributed by atoms with E-state index >= 15 is 0 Å². The number of rotatable bonds is 8. The molecule has 0 bridgehead atoms. The molecule has 184 valence electrons. The third kappa shape index (κ3) is 5.01. The average molecular weight is 514 g/mol. The largest absolute Gasteiger partial charge is 0.495 e. The van der Waals surface area contributed by atoms with Crippen LogP contribution in [0.2, 0.25) is 0 Å². The van der Waals surface area contributed by atoms with Crippen molar-refractivity contribution in [3.05, 3.63) is 56.7 Å². The lowest BCUT2D eigenvalue weighted by atomic mass is 10.1. The Labute approximate surface area is 211 Å². The van der Waals surface area contributed by atoms with Crippen molar-refractivity contribution in [1.82, 2.24) is 9.69 Å². The number of ether oxygens (including phenoxy) is 1. The smallest absolute Gasteiger partial charge is 0.273 e. The van der Waals surface area contributed by atoms with Crippen LogP contribution in [0.1, 0.15) is 62.3 Å². The zero-order valence-electron chi connectivity index (χ0n) is 19.4. The first-order valence-corrected chi connectivity index (χ1v) is 12.8. The third-order valence-electron chi connectivity index (χ3n) is 5.99. The van der Waals surface area contributed by atoms with Crippen molar-refractivity contribution in [2.75, 3.05) is 17.7 Å². The molecule has 1 atom stereocenters. The number of primary amides is 1. The number of nitrogens with one attached hydrogen (secondary N) is 1. The van der Waals surface area contributed by atoms with Crippen molar-refractivity contribution in [3.8, 4) is 5.75 Å². The predicted octanol–water partition coefficient (Wildman–Crippen LogP) is 3.65. The minimum Gasteiger partial charge on any atom is -0.495 e. The maximum absolute atomic E-state index is 14.1. The van der Waals surface area contributed by atoms with E-state index in [2.05, 4.69) is 9.69 Å². The average Bonchev–Trinajstić information content (AvgIpc) is 3.59. The van der Waals surface area contributed by atoms with E-state index in [0.717, 1.165) is 42.8 Å². The van der Waals surface area contributed by atoms with E-state index < -0.39 is 17.9 Å². The summed E-state index contributed by atoms with van der Waals surface area (Å²) in [7, 11) is 1.50. The number of thiophene rings is 1. The summed E-state index contributed by atoms with van der Waals surface area (Å²) in [6, 6.07) is 8.10. The highest BCUT2D eigenvalue weighted by atomic mass is 32.1. The normalized spacial score (nSPS) is 14.5. The summed E-state index contributed by atoms with van der Waals surface area (Å²) >= 11 is 2.15. The lowest BCUT2D eigenvalue weighted by Gasteiger charge is -2.32. The molecule has 0 spiro atoms. The van der Waals surface area contributed by atoms with Gasteiger partial charge in [-0.15, -0.1) is 11.3 Å². The van der Waals surface area contributed by atoms with E-state index in [0.29, 0.717) is 16.3 Å². The Morgan fingerprint density at radius 2 is 1.97 bits per heavy atom. The minimum atomic E-state index is -0.989. The third-order valence-corrected chi connectivity index (χ3v) is 7.76. The van der Waals surface area contributed by atoms with Crippen molar-refractivity contribution < 1.29 is 19.1 Å². The molecule has 1 aliphatic rings. The molecule has 5 N–H and O–H groups in total. The fourth-order valence-corrected chi connectivity index (χ4v) is 5.82. The van der Waals surface area contributed by atoms with Crippen LogP contribution >= 0.6 is 22.9 Å². The van der Waals surface area contributed by atoms with Crippen molar-refractivity contribution in [3.63, 3.8) is 0 Å². The van der Waals surface area contributed by atoms with Crippen LogP contribution in [0.4, 0.5) is 11.4 Å². The molecule has 3 aromatic rings. The van der Waals surface area contributed by atoms with Crippen molar-refractivity contribution in [2.45, 2.75) is 44.7 Å². The summed E-state index contributed by atoms with van der Waals surface area (Å²) in [6.45, 7) is 1.89. The summed E-state index contributed by atoms with van der Waals surface area (Å²) in [6.07, 6.45) is 3.90. The van der Waals surface area contributed by atoms with Crippen LogP contribution in [-0.2, 0) is 4.79 Å². The molecular weight excluding hydrogens is 486 g/mol. The number of nitrogens with zero attached hydrogens (tertiary/aromatic N) is 2. The molecule has 1 unspecified atom stereocenters. The van der Waals surface area contributed by atoms with Gasteiger partial charge >= 0.3 is 0 Å². The molecule has 1 aromatic carbocycles. The Morgan fingerprint density at radius 1 is 1.23 bits per heavy atom. The number of nitrogen functional groups attached to an aromatic ring is 1. The van der Waals surface area contributed by atoms with E-state index in [9.17, 15) is 14.4 Å². The number of methoxy groups -OCH3 is 1. The number of hydrogen-bond acceptors (Lipinski definition) is 8. The van der Waals surface area contributed by atoms with E-state index in [-0.39, 0.29) is 28.2 Å². The Hall–Kier alpha value is -3.44. The number of amides is 3. The van der Waals surface area contributed by atoms with Crippen molar-refractivity contribution in [2.24, 2.45) is 5.73 Å². The van der Waals surface area contributed by atoms with Gasteiger partial charge in [-0.25, -0.2) is 0 Å². The fourth-order valence-electron chi connectivity index (χ4n) is 4.26. The van der Waals surface area contributed by atoms with Crippen LogP contribution < -0.4 is 26.4 Å². The number of anilines is 2. The first-order valence-electron chi connectivity index (χ1n) is 11.2. The fraction of sp³-hybridized carbons (Fsp3) is 0.333. The van der Waals surface area contributed by atoms with Crippen molar-refractivity contribution in [1.29, 1.82) is 0 Å². The second kappa shape index (κ2) is 10.4. The second-order valence-corrected chi connectivity index (χ2v) is 10.1. The minimum absolute atomic E-state index is 0.0255. The molecule has 2 aromatic heterocycles. The molecule has 1 fully saturated rings. The summed E-state index contributed by atoms with van der Waals surface area (Å²) in [5, 5.41) is 4.98. The van der Waals surface area contributed by atoms with Crippen LogP contribution in [0.15, 0.2) is 35.7 Å². The topological polar surface area (TPSA) is 141 Å². The zero-order valence-corrected chi connectivity index (χ0v) is 21.1. The maximum atomic E-state index is 14.1. The van der Waals surface area contributed by atoms with Crippen LogP contribution in [0.25, 0.3) is 0 Å². The Morgan fingerprint density at radius 3 is 2.57 bits per heavy atom. The molecular formula is C24H27N5O4S2. The molecule has 0 radical (unpaired) electrons. The number of carbonyl (C=O) groups excluding carboxylic acids is 3. The van der Waals surface area contributed by atoms with E-state index in [1.807, 2.05) is 30.5 Å². The summed E-state index contributed by atoms with van der Waals surface area (Å²) in [4.78, 5) is 41.7. The number of benzene rings is 1. The quantitative estimate of drug-likeness (QED) is 0.420. The molecule has 35 heavy (non-hydrogen) atoms. The summed E-state index contributed by atoms with van der Waals surface area (Å²) in [5.41, 5.74) is 12.5. The monoisotopic (exact) mass is 513 g/mol. The summed E-state index contributed by atoms with van der Waals surface area (Å²) < 4.78 is 9.57. The van der Waals surface area contributed by atoms with E-state index in [4.69, 9.17) is 16.2 Å². The molecule has 11 heteroatoms. The Kier molecular flexibility index (Phi) is 7.37. The van der Waals surface area contributed by atoms with Gasteiger partial charge in [-0.05, 0) is 60.4 Å². The predicted molar refractivity (Wildman–Crippen MR) is 137 cm³/mol. The van der Waals surface area contributed by atoms with Gasteiger partial charge in [0.1, 0.15) is 10.6 Å². The number of hydrogen-bond donors (Lipinski definition) is 3. The Bertz CT molecular complexity index is 1230. The van der Waals surface area contributed by atoms with Crippen LogP contribution in [0.3, 0.4) is 0 Å². The molecule has 4 rings (SSSR count). The lowest BCUT2D eigenvalue weighted by Crippen LogP contribution is -2.46. The first kappa shape index (κ1) is 24.7. The van der Waals surface area contributed by atoms with Gasteiger partial charge in [0.15, 0.2) is 11.7 Å². The SMILES string of the molecule is COc1ccc(C)cc1N(C(=O)c1snc(C(N)=O)c1N)C(C(=O)NC1CCCC1)c1cccs1. The molecule has 1 saturated carbocycles. The van der Waals surface area contributed by atoms with Crippen molar-refractivity contribution >= 4 is 52.0 Å². The highest BCUT2D eigenvalue weighted by molar-refractivity contribution is 7.10. The second-order valence-electron chi connectivity index (χ2n) is 8.40. The molecule has 2 heterocycles. The molecule has 1 aliphatic carbocycles. The summed E-state index contributed by atoms with van der Waals surface area (Å²) in [5.74, 6) is -1.28. The molecule has 0 aliphatic heterocycles. The van der Waals surface area contributed by atoms with Gasteiger partial charge in [0.05, 0.1) is 18.5 Å². The highest BCUT2D eigenvalue weighted by Gasteiger charge is 2.38. The number of aryl methyl sites for hydroxylation is 1. The van der Waals surface area contributed by atoms with Gasteiger partial charge < -0.3 is 21.5 Å². The first-order chi connectivity index (χ1) is 16.8. The van der Waals surface area contributed by atoms with Gasteiger partial charge in [0.2, 0.25) is 5.91 Å². The van der Waals surface area contributed by atoms with Gasteiger partial charge in [0.25, 0.3) is 11.8 Å². The standard InChI is InChI=1S/C24H27N5O4S2/c1-13-9-10-16(33-2)15(12-13)29(24(32)21-18(25)19(22(26)30)28-35-21)20(17-8-5-11-34-17)23(31)27-14-6-3-4-7-14/h5,8-12,14,20H,3-4,6-7,25H2,1-2H3,(H2,26,30)(H,27,31). The van der Waals surface area contributed by atoms with Crippen LogP contribution in [0.5, 0.6) is 5.75 Å². The van der Waals surface area contributed by atoms with Crippen LogP contribution in [0, 0.1) is 6.92 Å². The highest BCUT2D eigenvalue weighted by Crippen LogP contribution is 2.39. The Balaban J connectivity index is 1.88. The number of aromatic nitrogens is 1. The van der Waals surface area contributed by atoms with Gasteiger partial charge in [-0.2, -0.15) is 4.37 Å². The maximum Gasteiger partial charge on any atom is 0.273 e. The molecule has 9 nitrogen and oxygen atoms in total. The van der Waals surface area contributed by atoms with E-state index in [1.54, 1.807) is 12.1 Å². The number of carbonyl (C=O) groups is 3. The van der Waals surface area contributed by atoms with Gasteiger partial charge in [-0.3, -0.25) is 19.3 Å². The lowest BCUT2D eigenvalue weighted by molar-refractivity contribution is -0.123. The van der Waals surface area contributed by atoms with E-state index in [1.165, 1.54) is 23.3 Å². The van der Waals surface area contributed by atoms with Gasteiger partial charge in [0, 0.05) is 10.9 Å². The molecule has 0 saturated heterocycles. The van der Waals surface area contributed by atoms with Gasteiger partial charge in [-0.1, -0.05) is 25.0 Å². The van der Waals surface area contributed by atoms with Crippen LogP contribution in [-0.4, -0.2) is 35.2 Å².